The van der Waals surface area contributed by atoms with Crippen LogP contribution < -0.4 is 4.65 Å². The minimum atomic E-state index is -0.592. The predicted octanol–water partition coefficient (Wildman–Crippen LogP) is 1.90. The van der Waals surface area contributed by atoms with Gasteiger partial charge in [-0.15, -0.1) is 0 Å². The molecule has 0 aliphatic rings. The highest BCUT2D eigenvalue weighted by Gasteiger charge is 2.16. The summed E-state index contributed by atoms with van der Waals surface area (Å²) in [6, 6.07) is 14.0. The maximum Gasteiger partial charge on any atom is 0.504 e. The van der Waals surface area contributed by atoms with Gasteiger partial charge in [-0.25, -0.2) is 0 Å². The number of benzene rings is 2. The quantitative estimate of drug-likeness (QED) is 0.505. The van der Waals surface area contributed by atoms with Crippen molar-refractivity contribution in [2.45, 2.75) is 0 Å². The largest absolute Gasteiger partial charge is 0.534 e. The molecular formula is C12H10BNO4. The van der Waals surface area contributed by atoms with Crippen molar-refractivity contribution < 1.29 is 14.6 Å². The number of nitro benzene ring substituents is 1. The number of nitrogens with zero attached hydrogens (tertiary/aromatic N) is 1. The van der Waals surface area contributed by atoms with Gasteiger partial charge >= 0.3 is 13.4 Å². The van der Waals surface area contributed by atoms with Crippen molar-refractivity contribution in [2.75, 3.05) is 0 Å². The van der Waals surface area contributed by atoms with E-state index in [1.165, 1.54) is 12.1 Å². The Morgan fingerprint density at radius 1 is 1.11 bits per heavy atom. The van der Waals surface area contributed by atoms with Gasteiger partial charge in [0.25, 0.3) is 0 Å². The van der Waals surface area contributed by atoms with E-state index in [-0.39, 0.29) is 11.4 Å². The van der Waals surface area contributed by atoms with Crippen LogP contribution in [0.15, 0.2) is 48.5 Å². The van der Waals surface area contributed by atoms with Gasteiger partial charge in [-0.3, -0.25) is 10.1 Å². The first-order valence-corrected chi connectivity index (χ1v) is 5.30. The van der Waals surface area contributed by atoms with E-state index in [9.17, 15) is 10.1 Å². The lowest BCUT2D eigenvalue weighted by Gasteiger charge is -2.06. The Hall–Kier alpha value is -2.34. The lowest BCUT2D eigenvalue weighted by atomic mass is 10.0. The summed E-state index contributed by atoms with van der Waals surface area (Å²) < 4.78 is 4.80. The highest BCUT2D eigenvalue weighted by molar-refractivity contribution is 6.17. The Bertz CT molecular complexity index is 559. The van der Waals surface area contributed by atoms with Crippen LogP contribution in [0.5, 0.6) is 5.75 Å². The third-order valence-electron chi connectivity index (χ3n) is 2.48. The number of hydrogen-bond donors (Lipinski definition) is 1. The molecule has 0 fully saturated rings. The Kier molecular flexibility index (Phi) is 3.59. The van der Waals surface area contributed by atoms with Crippen molar-refractivity contribution in [3.8, 4) is 16.9 Å². The minimum absolute atomic E-state index is 0.0576. The topological polar surface area (TPSA) is 72.6 Å². The summed E-state index contributed by atoms with van der Waals surface area (Å²) in [6.45, 7) is 0. The molecule has 0 saturated heterocycles. The second-order valence-electron chi connectivity index (χ2n) is 3.58. The Balaban J connectivity index is 2.46. The lowest BCUT2D eigenvalue weighted by molar-refractivity contribution is -0.385. The fourth-order valence-electron chi connectivity index (χ4n) is 1.66. The third-order valence-corrected chi connectivity index (χ3v) is 2.48. The van der Waals surface area contributed by atoms with Crippen LogP contribution in [0.4, 0.5) is 5.69 Å². The molecule has 18 heavy (non-hydrogen) atoms. The highest BCUT2D eigenvalue weighted by atomic mass is 16.6. The van der Waals surface area contributed by atoms with Gasteiger partial charge in [0.05, 0.1) is 4.92 Å². The highest BCUT2D eigenvalue weighted by Crippen LogP contribution is 2.31. The van der Waals surface area contributed by atoms with Gasteiger partial charge in [-0.1, -0.05) is 36.4 Å². The number of hydrogen-bond acceptors (Lipinski definition) is 4. The lowest BCUT2D eigenvalue weighted by Crippen LogP contribution is -2.02. The van der Waals surface area contributed by atoms with Crippen molar-refractivity contribution >= 4 is 13.4 Å². The molecule has 2 aromatic rings. The van der Waals surface area contributed by atoms with E-state index >= 15 is 0 Å². The van der Waals surface area contributed by atoms with E-state index in [1.54, 1.807) is 6.07 Å². The summed E-state index contributed by atoms with van der Waals surface area (Å²) in [6.07, 6.45) is 0. The summed E-state index contributed by atoms with van der Waals surface area (Å²) in [5.41, 5.74) is 1.45. The molecule has 0 bridgehead atoms. The first kappa shape index (κ1) is 12.1. The summed E-state index contributed by atoms with van der Waals surface area (Å²) in [7, 11) is -0.592. The van der Waals surface area contributed by atoms with Gasteiger partial charge in [0.15, 0.2) is 5.75 Å². The fraction of sp³-hybridized carbons (Fsp3) is 0. The molecule has 0 spiro atoms. The van der Waals surface area contributed by atoms with Crippen molar-refractivity contribution in [3.63, 3.8) is 0 Å². The molecule has 0 amide bonds. The van der Waals surface area contributed by atoms with Crippen LogP contribution in [0.3, 0.4) is 0 Å². The van der Waals surface area contributed by atoms with Gasteiger partial charge in [-0.2, -0.15) is 0 Å². The Morgan fingerprint density at radius 2 is 1.83 bits per heavy atom. The maximum absolute atomic E-state index is 10.9. The van der Waals surface area contributed by atoms with Crippen molar-refractivity contribution in [2.24, 2.45) is 0 Å². The molecule has 0 heterocycles. The monoisotopic (exact) mass is 243 g/mol. The van der Waals surface area contributed by atoms with Gasteiger partial charge in [0, 0.05) is 6.07 Å². The zero-order chi connectivity index (χ0) is 13.0. The van der Waals surface area contributed by atoms with Crippen LogP contribution in [-0.2, 0) is 0 Å². The van der Waals surface area contributed by atoms with Crippen LogP contribution in [0.2, 0.25) is 0 Å². The molecule has 0 atom stereocenters. The van der Waals surface area contributed by atoms with Crippen LogP contribution in [-0.4, -0.2) is 17.6 Å². The molecule has 0 aromatic heterocycles. The van der Waals surface area contributed by atoms with Gasteiger partial charge in [0.2, 0.25) is 0 Å². The Labute approximate surface area is 104 Å². The average molecular weight is 243 g/mol. The van der Waals surface area contributed by atoms with Crippen molar-refractivity contribution in [1.29, 1.82) is 0 Å². The normalized spacial score (nSPS) is 9.83. The molecule has 90 valence electrons. The van der Waals surface area contributed by atoms with E-state index in [0.29, 0.717) is 0 Å². The molecule has 0 aliphatic heterocycles. The average Bonchev–Trinajstić information content (AvgIpc) is 2.40. The smallest absolute Gasteiger partial charge is 0.504 e. The van der Waals surface area contributed by atoms with Gasteiger partial charge in [-0.05, 0) is 17.2 Å². The van der Waals surface area contributed by atoms with Gasteiger partial charge < -0.3 is 9.68 Å². The molecule has 0 aliphatic carbocycles. The molecule has 2 aromatic carbocycles. The maximum atomic E-state index is 10.9. The van der Waals surface area contributed by atoms with Crippen molar-refractivity contribution in [3.05, 3.63) is 58.6 Å². The van der Waals surface area contributed by atoms with E-state index < -0.39 is 12.6 Å². The summed E-state index contributed by atoms with van der Waals surface area (Å²) >= 11 is 0. The zero-order valence-electron chi connectivity index (χ0n) is 9.45. The van der Waals surface area contributed by atoms with E-state index in [0.717, 1.165) is 11.1 Å². The summed E-state index contributed by atoms with van der Waals surface area (Å²) in [5.74, 6) is 0.0576. The van der Waals surface area contributed by atoms with Crippen LogP contribution in [0.1, 0.15) is 0 Å². The zero-order valence-corrected chi connectivity index (χ0v) is 9.45. The van der Waals surface area contributed by atoms with Crippen molar-refractivity contribution in [1.82, 2.24) is 0 Å². The molecule has 6 heteroatoms. The van der Waals surface area contributed by atoms with Crippen LogP contribution in [0.25, 0.3) is 11.1 Å². The van der Waals surface area contributed by atoms with Crippen LogP contribution >= 0.6 is 0 Å². The second kappa shape index (κ2) is 5.33. The predicted molar refractivity (Wildman–Crippen MR) is 68.5 cm³/mol. The number of rotatable bonds is 4. The van der Waals surface area contributed by atoms with E-state index in [2.05, 4.69) is 0 Å². The van der Waals surface area contributed by atoms with Gasteiger partial charge in [0.1, 0.15) is 0 Å². The van der Waals surface area contributed by atoms with E-state index in [4.69, 9.17) is 9.68 Å². The first-order chi connectivity index (χ1) is 8.72. The standard InChI is InChI=1S/C12H10BNO4/c15-13-18-12-7-6-10(8-11(12)14(16)17)9-4-2-1-3-5-9/h1-8,13,15H. The molecular weight excluding hydrogens is 233 g/mol. The number of nitro groups is 1. The molecule has 0 unspecified atom stereocenters. The second-order valence-corrected chi connectivity index (χ2v) is 3.58. The van der Waals surface area contributed by atoms with E-state index in [1.807, 2.05) is 30.3 Å². The molecule has 5 nitrogen and oxygen atoms in total. The SMILES string of the molecule is O=[N+]([O-])c1cc(-c2ccccc2)ccc1OBO. The molecule has 0 saturated carbocycles. The first-order valence-electron chi connectivity index (χ1n) is 5.30. The summed E-state index contributed by atoms with van der Waals surface area (Å²) in [4.78, 5) is 10.4. The summed E-state index contributed by atoms with van der Waals surface area (Å²) in [5, 5.41) is 19.6. The van der Waals surface area contributed by atoms with Crippen LogP contribution in [0, 0.1) is 10.1 Å². The molecule has 2 rings (SSSR count). The molecule has 0 radical (unpaired) electrons. The molecule has 1 N–H and O–H groups in total. The fourth-order valence-corrected chi connectivity index (χ4v) is 1.66. The Morgan fingerprint density at radius 3 is 2.44 bits per heavy atom. The third kappa shape index (κ3) is 2.49. The minimum Gasteiger partial charge on any atom is -0.534 e.